The number of hydrogen-bond acceptors (Lipinski definition) is 15. The number of amides is 3. The Hall–Kier alpha value is -7.27. The molecular weight excluding hydrogens is 1270 g/mol. The summed E-state index contributed by atoms with van der Waals surface area (Å²) in [4.78, 5) is 50.7. The van der Waals surface area contributed by atoms with E-state index < -0.39 is 46.9 Å². The van der Waals surface area contributed by atoms with Crippen LogP contribution in [-0.2, 0) is 63.7 Å². The number of likely N-dealkylation sites (tertiary alicyclic amines) is 1. The molecular formula is C69H90N11O12S3+. The molecule has 0 saturated carbocycles. The van der Waals surface area contributed by atoms with Gasteiger partial charge in [0.1, 0.15) is 6.54 Å². The quantitative estimate of drug-likeness (QED) is 0.0129. The number of nitrogens with zero attached hydrogens (tertiary/aromatic N) is 9. The molecule has 6 heterocycles. The van der Waals surface area contributed by atoms with Gasteiger partial charge in [0, 0.05) is 112 Å². The average Bonchev–Trinajstić information content (AvgIpc) is 1.60. The number of allylic oxidation sites excluding steroid dienone is 6. The molecule has 0 aliphatic carbocycles. The maximum atomic E-state index is 14.0. The summed E-state index contributed by atoms with van der Waals surface area (Å²) in [6.07, 6.45) is 21.2. The Labute approximate surface area is 558 Å². The predicted molar refractivity (Wildman–Crippen MR) is 367 cm³/mol. The lowest BCUT2D eigenvalue weighted by molar-refractivity contribution is -0.437. The lowest BCUT2D eigenvalue weighted by atomic mass is 9.81. The second-order valence-electron chi connectivity index (χ2n) is 26.5. The number of hydrogen-bond donors (Lipinski definition) is 5. The van der Waals surface area contributed by atoms with E-state index in [0.717, 1.165) is 113 Å². The van der Waals surface area contributed by atoms with Gasteiger partial charge < -0.3 is 25.3 Å². The van der Waals surface area contributed by atoms with Crippen molar-refractivity contribution in [2.45, 2.75) is 132 Å². The molecule has 0 bridgehead atoms. The number of piperazine rings is 1. The van der Waals surface area contributed by atoms with Crippen molar-refractivity contribution in [1.29, 1.82) is 0 Å². The molecule has 510 valence electrons. The summed E-state index contributed by atoms with van der Waals surface area (Å²) in [5.74, 6) is -0.0778. The highest BCUT2D eigenvalue weighted by atomic mass is 32.2. The zero-order valence-electron chi connectivity index (χ0n) is 54.8. The Morgan fingerprint density at radius 3 is 2.08 bits per heavy atom. The number of piperidine rings is 1. The number of benzene rings is 4. The zero-order valence-corrected chi connectivity index (χ0v) is 57.2. The lowest BCUT2D eigenvalue weighted by Crippen LogP contribution is -2.47. The summed E-state index contributed by atoms with van der Waals surface area (Å²) in [7, 11) is -13.2. The van der Waals surface area contributed by atoms with Crippen LogP contribution in [0.25, 0.3) is 0 Å². The topological polar surface area (TPSA) is 288 Å². The van der Waals surface area contributed by atoms with Crippen LogP contribution in [-0.4, -0.2) is 181 Å². The number of carbonyl (C=O) groups is 3. The van der Waals surface area contributed by atoms with E-state index in [1.54, 1.807) is 23.1 Å². The maximum absolute atomic E-state index is 14.0. The van der Waals surface area contributed by atoms with Crippen LogP contribution in [0.1, 0.15) is 126 Å². The first-order chi connectivity index (χ1) is 45.2. The van der Waals surface area contributed by atoms with Gasteiger partial charge in [0.2, 0.25) is 17.5 Å². The first-order valence-electron chi connectivity index (χ1n) is 33.1. The van der Waals surface area contributed by atoms with Crippen LogP contribution < -0.4 is 20.4 Å². The van der Waals surface area contributed by atoms with E-state index in [1.807, 2.05) is 116 Å². The Balaban J connectivity index is 0.610. The number of para-hydroxylation sites is 3. The number of rotatable bonds is 29. The lowest BCUT2D eigenvalue weighted by Gasteiger charge is -2.35. The Morgan fingerprint density at radius 2 is 1.36 bits per heavy atom. The third kappa shape index (κ3) is 17.7. The number of aryl methyl sites for hydroxylation is 1. The van der Waals surface area contributed by atoms with E-state index in [9.17, 15) is 53.3 Å². The molecule has 5 aliphatic heterocycles. The second-order valence-corrected chi connectivity index (χ2v) is 31.0. The number of aromatic nitrogens is 3. The fourth-order valence-corrected chi connectivity index (χ4v) is 15.4. The van der Waals surface area contributed by atoms with Crippen molar-refractivity contribution in [2.24, 2.45) is 5.92 Å². The third-order valence-electron chi connectivity index (χ3n) is 19.2. The van der Waals surface area contributed by atoms with Crippen molar-refractivity contribution in [3.05, 3.63) is 150 Å². The van der Waals surface area contributed by atoms with E-state index >= 15 is 0 Å². The molecule has 0 radical (unpaired) electrons. The highest BCUT2D eigenvalue weighted by Gasteiger charge is 2.45. The van der Waals surface area contributed by atoms with Gasteiger partial charge in [0.05, 0.1) is 55.8 Å². The van der Waals surface area contributed by atoms with Crippen LogP contribution in [0.5, 0.6) is 0 Å². The SMILES string of the molecule is CC1(C)C(=CC=CC=CC2=[N+](CCCS(=O)(=O)O)c3ccc(S(=O)(=O)O)cc3C2(C)C)N(CCCCCC(=O)NCCCn2cc(CCN3CCN(CCCCC4CCN(CC(=O)N5c6ccccc6NC(=O)c6ccccc65)CC4)CC3)nn2)c2ccc(S(=O)(=O)O)cc21. The molecule has 5 aromatic rings. The number of carbonyl (C=O) groups excluding carboxylic acids is 3. The molecule has 95 heavy (non-hydrogen) atoms. The third-order valence-corrected chi connectivity index (χ3v) is 21.7. The number of anilines is 4. The smallest absolute Gasteiger partial charge is 0.294 e. The predicted octanol–water partition coefficient (Wildman–Crippen LogP) is 8.96. The molecule has 0 atom stereocenters. The molecule has 0 unspecified atom stereocenters. The fourth-order valence-electron chi connectivity index (χ4n) is 13.9. The molecule has 4 aromatic carbocycles. The minimum Gasteiger partial charge on any atom is -0.356 e. The molecule has 5 N–H and O–H groups in total. The molecule has 1 aromatic heterocycles. The van der Waals surface area contributed by atoms with Gasteiger partial charge in [-0.1, -0.05) is 80.8 Å². The summed E-state index contributed by atoms with van der Waals surface area (Å²) in [5.41, 5.74) is 6.29. The molecule has 10 rings (SSSR count). The summed E-state index contributed by atoms with van der Waals surface area (Å²) >= 11 is 0. The van der Waals surface area contributed by atoms with Gasteiger partial charge in [0.25, 0.3) is 36.3 Å². The van der Waals surface area contributed by atoms with Crippen molar-refractivity contribution in [3.8, 4) is 0 Å². The highest BCUT2D eigenvalue weighted by molar-refractivity contribution is 7.86. The van der Waals surface area contributed by atoms with Gasteiger partial charge >= 0.3 is 0 Å². The van der Waals surface area contributed by atoms with Gasteiger partial charge in [-0.25, -0.2) is 0 Å². The number of nitrogens with one attached hydrogen (secondary N) is 2. The van der Waals surface area contributed by atoms with Gasteiger partial charge in [-0.2, -0.15) is 29.8 Å². The minimum absolute atomic E-state index is 0.0251. The molecule has 0 spiro atoms. The number of fused-ring (bicyclic) bond motifs is 4. The molecule has 23 nitrogen and oxygen atoms in total. The first kappa shape index (κ1) is 70.5. The molecule has 2 saturated heterocycles. The standard InChI is InChI=1S/C69H89N11O12S3/c1-68(2)56-47-53(94(87,88)89)27-29-60(56)78(63(68)24-7-5-8-25-64-69(3,4)57-48-54(95(90,91)92)28-30-61(57)79(64)38-18-46-93(84,85)86)37-15-6-9-26-65(81)70-34-17-36-77-49-52(72-73-77)33-41-75-44-42-74(43-45-75)35-16-14-19-51-31-39-76(40-32-51)50-66(82)80-59-22-12-10-20-55(59)67(83)71-58-21-11-13-23-62(58)80/h5,7-8,10-13,20-25,27-30,47-49,51H,6,9,14-19,26,31-46,50H2,1-4H3,(H4-,70,71,81,83,84,85,86,87,88,89,90,91,92)/p+1. The maximum Gasteiger partial charge on any atom is 0.294 e. The van der Waals surface area contributed by atoms with Crippen LogP contribution >= 0.6 is 0 Å². The van der Waals surface area contributed by atoms with Crippen molar-refractivity contribution >= 4 is 82.2 Å². The van der Waals surface area contributed by atoms with E-state index in [-0.39, 0.29) is 40.5 Å². The molecule has 5 aliphatic rings. The Kier molecular flexibility index (Phi) is 22.6. The summed E-state index contributed by atoms with van der Waals surface area (Å²) in [5, 5.41) is 14.8. The second kappa shape index (κ2) is 30.4. The van der Waals surface area contributed by atoms with E-state index in [1.165, 1.54) is 43.5 Å². The molecule has 3 amide bonds. The largest absolute Gasteiger partial charge is 0.356 e. The highest BCUT2D eigenvalue weighted by Crippen LogP contribution is 2.49. The van der Waals surface area contributed by atoms with Crippen LogP contribution in [0.2, 0.25) is 0 Å². The van der Waals surface area contributed by atoms with E-state index in [4.69, 9.17) is 0 Å². The molecule has 2 fully saturated rings. The average molecular weight is 1360 g/mol. The van der Waals surface area contributed by atoms with Crippen molar-refractivity contribution in [3.63, 3.8) is 0 Å². The minimum atomic E-state index is -4.51. The summed E-state index contributed by atoms with van der Waals surface area (Å²) in [6.45, 7) is 18.0. The normalized spacial score (nSPS) is 18.3. The summed E-state index contributed by atoms with van der Waals surface area (Å²) in [6, 6.07) is 23.6. The monoisotopic (exact) mass is 1360 g/mol. The van der Waals surface area contributed by atoms with Crippen LogP contribution in [0.15, 0.2) is 137 Å². The van der Waals surface area contributed by atoms with Gasteiger partial charge in [0.15, 0.2) is 5.71 Å². The van der Waals surface area contributed by atoms with Crippen LogP contribution in [0.3, 0.4) is 0 Å². The zero-order chi connectivity index (χ0) is 67.7. The Morgan fingerprint density at radius 1 is 0.684 bits per heavy atom. The molecule has 26 heteroatoms. The Bertz CT molecular complexity index is 4110. The van der Waals surface area contributed by atoms with E-state index in [0.29, 0.717) is 85.2 Å². The van der Waals surface area contributed by atoms with Crippen LogP contribution in [0.4, 0.5) is 28.4 Å². The van der Waals surface area contributed by atoms with Crippen molar-refractivity contribution < 1.29 is 57.9 Å². The first-order valence-corrected chi connectivity index (χ1v) is 37.6. The fraction of sp³-hybridized carbons (Fsp3) is 0.478. The number of unbranched alkanes of at least 4 members (excludes halogenated alkanes) is 3. The van der Waals surface area contributed by atoms with Gasteiger partial charge in [-0.05, 0) is 144 Å². The van der Waals surface area contributed by atoms with E-state index in [2.05, 4.69) is 40.5 Å². The van der Waals surface area contributed by atoms with Crippen molar-refractivity contribution in [1.82, 2.24) is 35.0 Å². The van der Waals surface area contributed by atoms with Crippen LogP contribution in [0, 0.1) is 5.92 Å². The van der Waals surface area contributed by atoms with Gasteiger partial charge in [-0.15, -0.1) is 5.10 Å². The van der Waals surface area contributed by atoms with Gasteiger partial charge in [-0.3, -0.25) is 42.5 Å². The summed E-state index contributed by atoms with van der Waals surface area (Å²) < 4.78 is 105. The van der Waals surface area contributed by atoms with Crippen molar-refractivity contribution in [2.75, 3.05) is 99.4 Å².